The minimum absolute atomic E-state index is 0. The molecule has 3 nitrogen and oxygen atoms in total. The number of benzene rings is 1. The second-order valence-electron chi connectivity index (χ2n) is 4.09. The Labute approximate surface area is 115 Å². The summed E-state index contributed by atoms with van der Waals surface area (Å²) in [6.07, 6.45) is -5.06. The lowest BCUT2D eigenvalue weighted by Crippen LogP contribution is -2.32. The van der Waals surface area contributed by atoms with Crippen LogP contribution in [-0.4, -0.2) is 18.1 Å². The Balaban J connectivity index is 0.00000324. The number of halogens is 4. The number of anilines is 1. The largest absolute Gasteiger partial charge is 0.389 e. The molecule has 7 heteroatoms. The van der Waals surface area contributed by atoms with E-state index in [1.54, 1.807) is 31.2 Å². The SMILES string of the molecule is C[C@H](N)C(=O)Nc1ccc(CCC(F)(F)F)cc1.Cl. The molecule has 0 bridgehead atoms. The molecule has 1 amide bonds. The monoisotopic (exact) mass is 296 g/mol. The van der Waals surface area contributed by atoms with Crippen LogP contribution < -0.4 is 11.1 Å². The molecule has 0 aliphatic carbocycles. The maximum Gasteiger partial charge on any atom is 0.389 e. The van der Waals surface area contributed by atoms with Crippen LogP contribution in [0.1, 0.15) is 18.9 Å². The van der Waals surface area contributed by atoms with Crippen LogP contribution in [0.5, 0.6) is 0 Å². The summed E-state index contributed by atoms with van der Waals surface area (Å²) in [7, 11) is 0. The summed E-state index contributed by atoms with van der Waals surface area (Å²) in [5.41, 5.74) is 6.47. The quantitative estimate of drug-likeness (QED) is 0.897. The van der Waals surface area contributed by atoms with Crippen LogP contribution >= 0.6 is 12.4 Å². The summed E-state index contributed by atoms with van der Waals surface area (Å²) in [4.78, 5) is 11.3. The third-order valence-corrected chi connectivity index (χ3v) is 2.33. The van der Waals surface area contributed by atoms with Gasteiger partial charge >= 0.3 is 6.18 Å². The third-order valence-electron chi connectivity index (χ3n) is 2.33. The van der Waals surface area contributed by atoms with Crippen molar-refractivity contribution in [1.29, 1.82) is 0 Å². The molecule has 0 fully saturated rings. The molecule has 3 N–H and O–H groups in total. The van der Waals surface area contributed by atoms with Crippen molar-refractivity contribution in [2.24, 2.45) is 5.73 Å². The van der Waals surface area contributed by atoms with Crippen molar-refractivity contribution in [3.63, 3.8) is 0 Å². The number of rotatable bonds is 4. The fraction of sp³-hybridized carbons (Fsp3) is 0.417. The zero-order valence-corrected chi connectivity index (χ0v) is 11.1. The smallest absolute Gasteiger partial charge is 0.325 e. The predicted octanol–water partition coefficient (Wildman–Crippen LogP) is 2.89. The highest BCUT2D eigenvalue weighted by Crippen LogP contribution is 2.22. The van der Waals surface area contributed by atoms with Gasteiger partial charge < -0.3 is 11.1 Å². The summed E-state index contributed by atoms with van der Waals surface area (Å²) in [5, 5.41) is 2.55. The van der Waals surface area contributed by atoms with E-state index in [4.69, 9.17) is 5.73 Å². The number of hydrogen-bond acceptors (Lipinski definition) is 2. The van der Waals surface area contributed by atoms with Crippen molar-refractivity contribution < 1.29 is 18.0 Å². The van der Waals surface area contributed by atoms with Crippen LogP contribution in [-0.2, 0) is 11.2 Å². The molecule has 1 atom stereocenters. The van der Waals surface area contributed by atoms with E-state index in [2.05, 4.69) is 5.32 Å². The van der Waals surface area contributed by atoms with Gasteiger partial charge in [0.1, 0.15) is 0 Å². The van der Waals surface area contributed by atoms with E-state index >= 15 is 0 Å². The van der Waals surface area contributed by atoms with Gasteiger partial charge in [-0.15, -0.1) is 12.4 Å². The Hall–Kier alpha value is -1.27. The first-order valence-corrected chi connectivity index (χ1v) is 5.50. The second kappa shape index (κ2) is 7.35. The van der Waals surface area contributed by atoms with Crippen molar-refractivity contribution in [3.05, 3.63) is 29.8 Å². The van der Waals surface area contributed by atoms with Crippen molar-refractivity contribution >= 4 is 24.0 Å². The molecule has 19 heavy (non-hydrogen) atoms. The van der Waals surface area contributed by atoms with E-state index in [1.165, 1.54) is 0 Å². The van der Waals surface area contributed by atoms with Crippen LogP contribution in [0.2, 0.25) is 0 Å². The molecule has 0 saturated heterocycles. The number of carbonyl (C=O) groups is 1. The van der Waals surface area contributed by atoms with Gasteiger partial charge in [0.2, 0.25) is 5.91 Å². The van der Waals surface area contributed by atoms with Gasteiger partial charge in [-0.1, -0.05) is 12.1 Å². The summed E-state index contributed by atoms with van der Waals surface area (Å²) in [6.45, 7) is 1.55. The van der Waals surface area contributed by atoms with Crippen LogP contribution in [0.15, 0.2) is 24.3 Å². The molecule has 0 aromatic heterocycles. The number of amides is 1. The minimum Gasteiger partial charge on any atom is -0.325 e. The Morgan fingerprint density at radius 3 is 2.26 bits per heavy atom. The van der Waals surface area contributed by atoms with Crippen LogP contribution in [0.4, 0.5) is 18.9 Å². The van der Waals surface area contributed by atoms with E-state index < -0.39 is 18.6 Å². The Kier molecular flexibility index (Phi) is 6.86. The molecule has 0 saturated carbocycles. The summed E-state index contributed by atoms with van der Waals surface area (Å²) < 4.78 is 36.0. The average molecular weight is 297 g/mol. The summed E-state index contributed by atoms with van der Waals surface area (Å²) >= 11 is 0. The van der Waals surface area contributed by atoms with Crippen molar-refractivity contribution in [2.75, 3.05) is 5.32 Å². The zero-order valence-electron chi connectivity index (χ0n) is 10.3. The number of nitrogens with one attached hydrogen (secondary N) is 1. The van der Waals surface area contributed by atoms with E-state index in [9.17, 15) is 18.0 Å². The molecule has 0 aliphatic heterocycles. The van der Waals surface area contributed by atoms with Crippen molar-refractivity contribution in [1.82, 2.24) is 0 Å². The topological polar surface area (TPSA) is 55.1 Å². The first-order valence-electron chi connectivity index (χ1n) is 5.50. The van der Waals surface area contributed by atoms with Gasteiger partial charge in [-0.05, 0) is 31.0 Å². The van der Waals surface area contributed by atoms with Gasteiger partial charge in [0.15, 0.2) is 0 Å². The van der Waals surface area contributed by atoms with Crippen LogP contribution in [0.3, 0.4) is 0 Å². The van der Waals surface area contributed by atoms with Crippen molar-refractivity contribution in [2.45, 2.75) is 32.0 Å². The van der Waals surface area contributed by atoms with Gasteiger partial charge in [0.25, 0.3) is 0 Å². The van der Waals surface area contributed by atoms with Crippen molar-refractivity contribution in [3.8, 4) is 0 Å². The number of carbonyl (C=O) groups excluding carboxylic acids is 1. The minimum atomic E-state index is -4.15. The van der Waals surface area contributed by atoms with Crippen LogP contribution in [0.25, 0.3) is 0 Å². The highest BCUT2D eigenvalue weighted by Gasteiger charge is 2.26. The normalized spacial score (nSPS) is 12.5. The first kappa shape index (κ1) is 17.7. The first-order chi connectivity index (χ1) is 8.28. The van der Waals surface area contributed by atoms with E-state index in [0.29, 0.717) is 11.3 Å². The highest BCUT2D eigenvalue weighted by atomic mass is 35.5. The molecule has 1 aromatic carbocycles. The fourth-order valence-electron chi connectivity index (χ4n) is 1.30. The molecular weight excluding hydrogens is 281 g/mol. The second-order valence-corrected chi connectivity index (χ2v) is 4.09. The van der Waals surface area contributed by atoms with Gasteiger partial charge in [-0.2, -0.15) is 13.2 Å². The van der Waals surface area contributed by atoms with Gasteiger partial charge in [0, 0.05) is 12.1 Å². The molecule has 1 rings (SSSR count). The predicted molar refractivity (Wildman–Crippen MR) is 70.3 cm³/mol. The Morgan fingerprint density at radius 2 is 1.84 bits per heavy atom. The van der Waals surface area contributed by atoms with E-state index in [-0.39, 0.29) is 24.7 Å². The average Bonchev–Trinajstić information content (AvgIpc) is 2.27. The number of alkyl halides is 3. The summed E-state index contributed by atoms with van der Waals surface area (Å²) in [6, 6.07) is 5.61. The molecule has 1 aromatic rings. The molecule has 0 unspecified atom stereocenters. The number of nitrogens with two attached hydrogens (primary N) is 1. The maximum absolute atomic E-state index is 12.0. The standard InChI is InChI=1S/C12H15F3N2O.ClH/c1-8(16)11(18)17-10-4-2-9(3-5-10)6-7-12(13,14)15;/h2-5,8H,6-7,16H2,1H3,(H,17,18);1H/t8-;/m0./s1. The van der Waals surface area contributed by atoms with E-state index in [0.717, 1.165) is 0 Å². The highest BCUT2D eigenvalue weighted by molar-refractivity contribution is 5.94. The molecule has 0 spiro atoms. The lowest BCUT2D eigenvalue weighted by atomic mass is 10.1. The van der Waals surface area contributed by atoms with Gasteiger partial charge in [-0.3, -0.25) is 4.79 Å². The maximum atomic E-state index is 12.0. The lowest BCUT2D eigenvalue weighted by molar-refractivity contribution is -0.134. The number of aryl methyl sites for hydroxylation is 1. The zero-order chi connectivity index (χ0) is 13.8. The van der Waals surface area contributed by atoms with Crippen LogP contribution in [0, 0.1) is 0 Å². The third kappa shape index (κ3) is 7.03. The summed E-state index contributed by atoms with van der Waals surface area (Å²) in [5.74, 6) is -0.335. The van der Waals surface area contributed by atoms with Gasteiger partial charge in [0.05, 0.1) is 6.04 Å². The number of hydrogen-bond donors (Lipinski definition) is 2. The fourth-order valence-corrected chi connectivity index (χ4v) is 1.30. The Morgan fingerprint density at radius 1 is 1.32 bits per heavy atom. The van der Waals surface area contributed by atoms with E-state index in [1.807, 2.05) is 0 Å². The van der Waals surface area contributed by atoms with Gasteiger partial charge in [-0.25, -0.2) is 0 Å². The Bertz CT molecular complexity index is 404. The molecule has 0 aliphatic rings. The molecule has 0 heterocycles. The lowest BCUT2D eigenvalue weighted by Gasteiger charge is -2.09. The molecular formula is C12H16ClF3N2O. The molecule has 0 radical (unpaired) electrons. The molecule has 108 valence electrons.